The fourth-order valence-electron chi connectivity index (χ4n) is 1.45. The van der Waals surface area contributed by atoms with Crippen LogP contribution in [-0.4, -0.2) is 31.7 Å². The van der Waals surface area contributed by atoms with Crippen LogP contribution in [0.15, 0.2) is 24.3 Å². The quantitative estimate of drug-likeness (QED) is 0.220. The van der Waals surface area contributed by atoms with Crippen molar-refractivity contribution >= 4 is 24.0 Å². The van der Waals surface area contributed by atoms with E-state index in [0.717, 1.165) is 5.56 Å². The molecular formula is C13H19N3O4S. The highest BCUT2D eigenvalue weighted by Crippen LogP contribution is 2.06. The summed E-state index contributed by atoms with van der Waals surface area (Å²) in [6.45, 7) is 2.66. The lowest BCUT2D eigenvalue weighted by Crippen LogP contribution is -2.34. The van der Waals surface area contributed by atoms with E-state index in [0.29, 0.717) is 24.6 Å². The lowest BCUT2D eigenvalue weighted by Gasteiger charge is -2.08. The van der Waals surface area contributed by atoms with E-state index in [1.165, 1.54) is 19.1 Å². The maximum Gasteiger partial charge on any atom is 0.422 e. The first-order chi connectivity index (χ1) is 10.2. The van der Waals surface area contributed by atoms with Crippen molar-refractivity contribution in [2.75, 3.05) is 19.6 Å². The standard InChI is InChI=1S/C13H19N3O4S/c1-3-20-13(18)15-16-21-9-14-8-10-5-4-6-11(7-10)12(17)19-2/h4-7,14,16H,3,8-9H2,1-2H3,(H,15,18). The second-order valence-electron chi connectivity index (χ2n) is 3.85. The first-order valence-corrected chi connectivity index (χ1v) is 7.33. The Kier molecular flexibility index (Phi) is 8.25. The highest BCUT2D eigenvalue weighted by molar-refractivity contribution is 7.97. The van der Waals surface area contributed by atoms with Gasteiger partial charge in [0.05, 0.1) is 25.2 Å². The summed E-state index contributed by atoms with van der Waals surface area (Å²) in [4.78, 5) is 25.0. The van der Waals surface area contributed by atoms with Crippen molar-refractivity contribution in [3.8, 4) is 0 Å². The molecule has 0 aliphatic carbocycles. The summed E-state index contributed by atoms with van der Waals surface area (Å²) in [5.41, 5.74) is 3.85. The van der Waals surface area contributed by atoms with E-state index >= 15 is 0 Å². The zero-order chi connectivity index (χ0) is 15.5. The fourth-order valence-corrected chi connectivity index (χ4v) is 1.89. The lowest BCUT2D eigenvalue weighted by atomic mass is 10.1. The number of nitrogens with one attached hydrogen (secondary N) is 3. The summed E-state index contributed by atoms with van der Waals surface area (Å²) in [7, 11) is 1.35. The van der Waals surface area contributed by atoms with Crippen LogP contribution in [0.4, 0.5) is 4.79 Å². The molecule has 0 spiro atoms. The summed E-state index contributed by atoms with van der Waals surface area (Å²) in [5, 5.41) is 3.15. The van der Waals surface area contributed by atoms with E-state index < -0.39 is 6.09 Å². The largest absolute Gasteiger partial charge is 0.465 e. The molecule has 7 nitrogen and oxygen atoms in total. The van der Waals surface area contributed by atoms with Crippen molar-refractivity contribution in [2.24, 2.45) is 0 Å². The maximum absolute atomic E-state index is 11.4. The number of amides is 1. The number of hydrogen-bond acceptors (Lipinski definition) is 7. The average molecular weight is 313 g/mol. The van der Waals surface area contributed by atoms with Gasteiger partial charge in [0, 0.05) is 6.54 Å². The average Bonchev–Trinajstić information content (AvgIpc) is 2.50. The van der Waals surface area contributed by atoms with E-state index in [-0.39, 0.29) is 5.97 Å². The summed E-state index contributed by atoms with van der Waals surface area (Å²) >= 11 is 1.28. The molecule has 0 aromatic heterocycles. The molecule has 0 saturated carbocycles. The van der Waals surface area contributed by atoms with Crippen molar-refractivity contribution in [3.63, 3.8) is 0 Å². The van der Waals surface area contributed by atoms with Gasteiger partial charge in [0.15, 0.2) is 0 Å². The van der Waals surface area contributed by atoms with Gasteiger partial charge in [0.25, 0.3) is 0 Å². The Hall–Kier alpha value is -1.77. The number of methoxy groups -OCH3 is 1. The minimum absolute atomic E-state index is 0.326. The monoisotopic (exact) mass is 313 g/mol. The van der Waals surface area contributed by atoms with Gasteiger partial charge in [-0.15, -0.1) is 0 Å². The lowest BCUT2D eigenvalue weighted by molar-refractivity contribution is 0.0600. The molecule has 0 saturated heterocycles. The molecule has 0 heterocycles. The van der Waals surface area contributed by atoms with Crippen LogP contribution < -0.4 is 15.6 Å². The Morgan fingerprint density at radius 3 is 2.86 bits per heavy atom. The first-order valence-electron chi connectivity index (χ1n) is 6.35. The molecular weight excluding hydrogens is 294 g/mol. The molecule has 0 radical (unpaired) electrons. The van der Waals surface area contributed by atoms with Crippen LogP contribution in [-0.2, 0) is 16.0 Å². The van der Waals surface area contributed by atoms with E-state index in [1.807, 2.05) is 6.07 Å². The van der Waals surface area contributed by atoms with Gasteiger partial charge in [0.1, 0.15) is 0 Å². The Labute approximate surface area is 127 Å². The molecule has 1 amide bonds. The van der Waals surface area contributed by atoms with Crippen molar-refractivity contribution in [3.05, 3.63) is 35.4 Å². The van der Waals surface area contributed by atoms with Gasteiger partial charge in [-0.25, -0.2) is 15.0 Å². The molecule has 0 unspecified atom stereocenters. The van der Waals surface area contributed by atoms with E-state index in [2.05, 4.69) is 25.0 Å². The summed E-state index contributed by atoms with van der Waals surface area (Å²) in [5.74, 6) is 0.209. The Morgan fingerprint density at radius 1 is 1.33 bits per heavy atom. The van der Waals surface area contributed by atoms with Crippen molar-refractivity contribution < 1.29 is 19.1 Å². The Morgan fingerprint density at radius 2 is 2.14 bits per heavy atom. The Balaban J connectivity index is 2.21. The van der Waals surface area contributed by atoms with E-state index in [9.17, 15) is 9.59 Å². The number of carbonyl (C=O) groups is 2. The molecule has 0 aliphatic rings. The Bertz CT molecular complexity index is 470. The highest BCUT2D eigenvalue weighted by Gasteiger charge is 2.05. The second kappa shape index (κ2) is 10.0. The topological polar surface area (TPSA) is 88.7 Å². The summed E-state index contributed by atoms with van der Waals surface area (Å²) in [6, 6.07) is 7.19. The molecule has 0 atom stereocenters. The normalized spacial score (nSPS) is 10.0. The molecule has 1 aromatic carbocycles. The fraction of sp³-hybridized carbons (Fsp3) is 0.385. The maximum atomic E-state index is 11.4. The number of hydrogen-bond donors (Lipinski definition) is 3. The van der Waals surface area contributed by atoms with Crippen molar-refractivity contribution in [2.45, 2.75) is 13.5 Å². The zero-order valence-electron chi connectivity index (χ0n) is 12.0. The van der Waals surface area contributed by atoms with Gasteiger partial charge in [-0.05, 0) is 36.6 Å². The van der Waals surface area contributed by atoms with Crippen LogP contribution in [0.1, 0.15) is 22.8 Å². The third-order valence-electron chi connectivity index (χ3n) is 2.35. The molecule has 3 N–H and O–H groups in total. The van der Waals surface area contributed by atoms with E-state index in [4.69, 9.17) is 0 Å². The number of esters is 1. The molecule has 0 bridgehead atoms. The minimum atomic E-state index is -0.518. The van der Waals surface area contributed by atoms with E-state index in [1.54, 1.807) is 25.1 Å². The van der Waals surface area contributed by atoms with Crippen LogP contribution in [0, 0.1) is 0 Å². The first kappa shape index (κ1) is 17.3. The third-order valence-corrected chi connectivity index (χ3v) is 2.95. The number of benzene rings is 1. The molecule has 21 heavy (non-hydrogen) atoms. The van der Waals surface area contributed by atoms with Gasteiger partial charge < -0.3 is 14.8 Å². The predicted octanol–water partition coefficient (Wildman–Crippen LogP) is 1.42. The molecule has 1 rings (SSSR count). The third kappa shape index (κ3) is 6.98. The number of carbonyl (C=O) groups excluding carboxylic acids is 2. The number of hydrazine groups is 1. The molecule has 0 fully saturated rings. The van der Waals surface area contributed by atoms with Crippen molar-refractivity contribution in [1.82, 2.24) is 15.6 Å². The van der Waals surface area contributed by atoms with Crippen LogP contribution in [0.2, 0.25) is 0 Å². The van der Waals surface area contributed by atoms with Crippen LogP contribution in [0.3, 0.4) is 0 Å². The summed E-state index contributed by atoms with van der Waals surface area (Å²) < 4.78 is 9.34. The smallest absolute Gasteiger partial charge is 0.422 e. The highest BCUT2D eigenvalue weighted by atomic mass is 32.2. The van der Waals surface area contributed by atoms with Gasteiger partial charge in [-0.3, -0.25) is 0 Å². The molecule has 1 aromatic rings. The molecule has 116 valence electrons. The van der Waals surface area contributed by atoms with Crippen LogP contribution >= 0.6 is 11.9 Å². The van der Waals surface area contributed by atoms with Crippen LogP contribution in [0.5, 0.6) is 0 Å². The number of ether oxygens (including phenoxy) is 2. The minimum Gasteiger partial charge on any atom is -0.465 e. The van der Waals surface area contributed by atoms with Crippen molar-refractivity contribution in [1.29, 1.82) is 0 Å². The van der Waals surface area contributed by atoms with Crippen LogP contribution in [0.25, 0.3) is 0 Å². The molecule has 0 aliphatic heterocycles. The SMILES string of the molecule is CCOC(=O)NNSCNCc1cccc(C(=O)OC)c1. The summed E-state index contributed by atoms with van der Waals surface area (Å²) in [6.07, 6.45) is -0.518. The van der Waals surface area contributed by atoms with Gasteiger partial charge in [0.2, 0.25) is 0 Å². The predicted molar refractivity (Wildman–Crippen MR) is 80.4 cm³/mol. The van der Waals surface area contributed by atoms with Gasteiger partial charge in [-0.1, -0.05) is 12.1 Å². The zero-order valence-corrected chi connectivity index (χ0v) is 12.8. The number of rotatable bonds is 8. The molecule has 8 heteroatoms. The van der Waals surface area contributed by atoms with Gasteiger partial charge >= 0.3 is 12.1 Å². The van der Waals surface area contributed by atoms with Gasteiger partial charge in [-0.2, -0.15) is 4.83 Å². The second-order valence-corrected chi connectivity index (χ2v) is 4.64.